The molecular formula is C10H9BrF3NO4S. The molecule has 0 saturated heterocycles. The Bertz CT molecular complexity index is 643. The minimum Gasteiger partial charge on any atom is -0.478 e. The molecule has 0 aliphatic heterocycles. The first-order valence-electron chi connectivity index (χ1n) is 5.04. The summed E-state index contributed by atoms with van der Waals surface area (Å²) in [6, 6.07) is 1.97. The molecule has 0 unspecified atom stereocenters. The van der Waals surface area contributed by atoms with Crippen LogP contribution >= 0.6 is 15.9 Å². The fraction of sp³-hybridized carbons (Fsp3) is 0.300. The van der Waals surface area contributed by atoms with Crippen LogP contribution in [0.5, 0.6) is 0 Å². The lowest BCUT2D eigenvalue weighted by Gasteiger charge is -2.13. The molecule has 0 aromatic heterocycles. The third-order valence-electron chi connectivity index (χ3n) is 2.30. The Morgan fingerprint density at radius 1 is 1.40 bits per heavy atom. The normalized spacial score (nSPS) is 12.4. The molecule has 0 bridgehead atoms. The predicted octanol–water partition coefficient (Wildman–Crippen LogP) is 2.30. The summed E-state index contributed by atoms with van der Waals surface area (Å²) >= 11 is 2.97. The zero-order chi connectivity index (χ0) is 15.7. The number of halogens is 4. The first kappa shape index (κ1) is 16.9. The second-order valence-corrected chi connectivity index (χ2v) is 6.42. The Morgan fingerprint density at radius 2 is 1.95 bits per heavy atom. The predicted molar refractivity (Wildman–Crippen MR) is 67.1 cm³/mol. The van der Waals surface area contributed by atoms with Crippen molar-refractivity contribution in [3.05, 3.63) is 27.7 Å². The van der Waals surface area contributed by atoms with Crippen LogP contribution in [0, 0.1) is 6.92 Å². The summed E-state index contributed by atoms with van der Waals surface area (Å²) in [5, 5.41) is 8.83. The molecule has 1 aromatic carbocycles. The van der Waals surface area contributed by atoms with E-state index in [-0.39, 0.29) is 15.6 Å². The molecule has 0 radical (unpaired) electrons. The van der Waals surface area contributed by atoms with E-state index < -0.39 is 33.6 Å². The van der Waals surface area contributed by atoms with Crippen molar-refractivity contribution in [1.82, 2.24) is 4.72 Å². The van der Waals surface area contributed by atoms with E-state index >= 15 is 0 Å². The van der Waals surface area contributed by atoms with E-state index in [1.807, 2.05) is 0 Å². The van der Waals surface area contributed by atoms with Crippen LogP contribution in [0.1, 0.15) is 15.9 Å². The molecule has 112 valence electrons. The first-order valence-corrected chi connectivity index (χ1v) is 7.31. The van der Waals surface area contributed by atoms with E-state index in [0.717, 1.165) is 6.07 Å². The summed E-state index contributed by atoms with van der Waals surface area (Å²) in [5.41, 5.74) is -0.237. The maximum absolute atomic E-state index is 12.1. The van der Waals surface area contributed by atoms with Crippen molar-refractivity contribution in [1.29, 1.82) is 0 Å². The Balaban J connectivity index is 3.27. The van der Waals surface area contributed by atoms with Crippen LogP contribution in [0.4, 0.5) is 13.2 Å². The van der Waals surface area contributed by atoms with Crippen molar-refractivity contribution in [2.45, 2.75) is 18.0 Å². The summed E-state index contributed by atoms with van der Waals surface area (Å²) in [5.74, 6) is -1.39. The van der Waals surface area contributed by atoms with E-state index in [1.54, 1.807) is 0 Å². The quantitative estimate of drug-likeness (QED) is 0.845. The molecular weight excluding hydrogens is 367 g/mol. The van der Waals surface area contributed by atoms with Crippen LogP contribution in [0.25, 0.3) is 0 Å². The van der Waals surface area contributed by atoms with Gasteiger partial charge in [-0.25, -0.2) is 17.9 Å². The molecule has 1 rings (SSSR count). The standard InChI is InChI=1S/C10H9BrF3NO4S/c1-5-7(11)2-6(9(16)17)3-8(5)20(18,19)15-4-10(12,13)14/h2-3,15H,4H2,1H3,(H,16,17). The van der Waals surface area contributed by atoms with Crippen LogP contribution in [0.15, 0.2) is 21.5 Å². The average molecular weight is 376 g/mol. The third-order valence-corrected chi connectivity index (χ3v) is 4.65. The minimum atomic E-state index is -4.71. The number of alkyl halides is 3. The molecule has 0 amide bonds. The van der Waals surface area contributed by atoms with Crippen LogP contribution in [0.2, 0.25) is 0 Å². The molecule has 20 heavy (non-hydrogen) atoms. The maximum Gasteiger partial charge on any atom is 0.402 e. The molecule has 0 saturated carbocycles. The topological polar surface area (TPSA) is 83.5 Å². The number of aromatic carboxylic acids is 1. The number of benzene rings is 1. The van der Waals surface area contributed by atoms with Gasteiger partial charge < -0.3 is 5.11 Å². The molecule has 0 aliphatic rings. The molecule has 0 heterocycles. The lowest BCUT2D eigenvalue weighted by molar-refractivity contribution is -0.121. The number of carbonyl (C=O) groups is 1. The van der Waals surface area contributed by atoms with Crippen molar-refractivity contribution in [3.63, 3.8) is 0 Å². The van der Waals surface area contributed by atoms with Crippen molar-refractivity contribution >= 4 is 31.9 Å². The smallest absolute Gasteiger partial charge is 0.402 e. The fourth-order valence-electron chi connectivity index (χ4n) is 1.31. The van der Waals surface area contributed by atoms with Gasteiger partial charge in [0.05, 0.1) is 10.5 Å². The van der Waals surface area contributed by atoms with Gasteiger partial charge in [-0.05, 0) is 24.6 Å². The van der Waals surface area contributed by atoms with Crippen molar-refractivity contribution in [2.75, 3.05) is 6.54 Å². The van der Waals surface area contributed by atoms with Gasteiger partial charge in [-0.2, -0.15) is 13.2 Å². The highest BCUT2D eigenvalue weighted by atomic mass is 79.9. The molecule has 0 fully saturated rings. The highest BCUT2D eigenvalue weighted by Gasteiger charge is 2.31. The third kappa shape index (κ3) is 4.18. The number of hydrogen-bond acceptors (Lipinski definition) is 3. The Labute approximate surface area is 121 Å². The van der Waals surface area contributed by atoms with Gasteiger partial charge in [0, 0.05) is 4.47 Å². The molecule has 1 aromatic rings. The summed E-state index contributed by atoms with van der Waals surface area (Å²) in [6.45, 7) is -0.387. The van der Waals surface area contributed by atoms with Crippen LogP contribution in [-0.4, -0.2) is 32.2 Å². The fourth-order valence-corrected chi connectivity index (χ4v) is 3.21. The number of rotatable bonds is 4. The van der Waals surface area contributed by atoms with Crippen molar-refractivity contribution in [3.8, 4) is 0 Å². The number of carboxylic acids is 1. The van der Waals surface area contributed by atoms with E-state index in [4.69, 9.17) is 5.11 Å². The molecule has 10 heteroatoms. The number of nitrogens with one attached hydrogen (secondary N) is 1. The lowest BCUT2D eigenvalue weighted by Crippen LogP contribution is -2.34. The molecule has 0 atom stereocenters. The summed E-state index contributed by atoms with van der Waals surface area (Å²) in [6.07, 6.45) is -4.71. The van der Waals surface area contributed by atoms with Gasteiger partial charge in [0.15, 0.2) is 0 Å². The maximum atomic E-state index is 12.1. The van der Waals surface area contributed by atoms with Gasteiger partial charge in [0.25, 0.3) is 0 Å². The average Bonchev–Trinajstić information content (AvgIpc) is 2.28. The largest absolute Gasteiger partial charge is 0.478 e. The van der Waals surface area contributed by atoms with Gasteiger partial charge in [0.1, 0.15) is 6.54 Å². The zero-order valence-electron chi connectivity index (χ0n) is 9.95. The van der Waals surface area contributed by atoms with Gasteiger partial charge >= 0.3 is 12.1 Å². The lowest BCUT2D eigenvalue weighted by atomic mass is 10.1. The Morgan fingerprint density at radius 3 is 2.40 bits per heavy atom. The van der Waals surface area contributed by atoms with Gasteiger partial charge in [-0.15, -0.1) is 0 Å². The van der Waals surface area contributed by atoms with Gasteiger partial charge in [-0.3, -0.25) is 0 Å². The molecule has 0 aliphatic carbocycles. The number of hydrogen-bond donors (Lipinski definition) is 2. The Kier molecular flexibility index (Phi) is 4.82. The van der Waals surface area contributed by atoms with E-state index in [0.29, 0.717) is 0 Å². The summed E-state index contributed by atoms with van der Waals surface area (Å²) < 4.78 is 61.3. The monoisotopic (exact) mass is 375 g/mol. The SMILES string of the molecule is Cc1c(Br)cc(C(=O)O)cc1S(=O)(=O)NCC(F)(F)F. The summed E-state index contributed by atoms with van der Waals surface area (Å²) in [4.78, 5) is 10.3. The highest BCUT2D eigenvalue weighted by molar-refractivity contribution is 9.10. The molecule has 5 nitrogen and oxygen atoms in total. The van der Waals surface area contributed by atoms with Gasteiger partial charge in [-0.1, -0.05) is 15.9 Å². The number of carboxylic acid groups (broad SMARTS) is 1. The molecule has 0 spiro atoms. The summed E-state index contributed by atoms with van der Waals surface area (Å²) in [7, 11) is -4.47. The zero-order valence-corrected chi connectivity index (χ0v) is 12.4. The first-order chi connectivity index (χ1) is 8.94. The Hall–Kier alpha value is -1.13. The highest BCUT2D eigenvalue weighted by Crippen LogP contribution is 2.26. The van der Waals surface area contributed by atoms with Gasteiger partial charge in [0.2, 0.25) is 10.0 Å². The second-order valence-electron chi connectivity index (χ2n) is 3.83. The number of sulfonamides is 1. The van der Waals surface area contributed by atoms with E-state index in [1.165, 1.54) is 17.7 Å². The van der Waals surface area contributed by atoms with Crippen molar-refractivity contribution < 1.29 is 31.5 Å². The second kappa shape index (κ2) is 5.70. The van der Waals surface area contributed by atoms with Crippen LogP contribution in [-0.2, 0) is 10.0 Å². The van der Waals surface area contributed by atoms with E-state index in [9.17, 15) is 26.4 Å². The minimum absolute atomic E-state index is 0.115. The van der Waals surface area contributed by atoms with Crippen molar-refractivity contribution in [2.24, 2.45) is 0 Å². The molecule has 2 N–H and O–H groups in total. The van der Waals surface area contributed by atoms with Crippen LogP contribution in [0.3, 0.4) is 0 Å². The van der Waals surface area contributed by atoms with E-state index in [2.05, 4.69) is 15.9 Å². The van der Waals surface area contributed by atoms with Crippen LogP contribution < -0.4 is 4.72 Å².